The summed E-state index contributed by atoms with van der Waals surface area (Å²) in [7, 11) is 0. The van der Waals surface area contributed by atoms with E-state index in [1.165, 1.54) is 6.07 Å². The summed E-state index contributed by atoms with van der Waals surface area (Å²) in [6, 6.07) is 4.93. The average molecular weight is 237 g/mol. The van der Waals surface area contributed by atoms with E-state index in [4.69, 9.17) is 0 Å². The molecule has 0 bridgehead atoms. The van der Waals surface area contributed by atoms with Crippen molar-refractivity contribution in [1.29, 1.82) is 0 Å². The summed E-state index contributed by atoms with van der Waals surface area (Å²) < 4.78 is 14.0. The lowest BCUT2D eigenvalue weighted by Gasteiger charge is -2.30. The summed E-state index contributed by atoms with van der Waals surface area (Å²) in [4.78, 5) is 1.89. The second kappa shape index (κ2) is 5.82. The Morgan fingerprint density at radius 1 is 1.41 bits per heavy atom. The van der Waals surface area contributed by atoms with Gasteiger partial charge in [-0.25, -0.2) is 4.39 Å². The van der Waals surface area contributed by atoms with Crippen LogP contribution in [0.5, 0.6) is 0 Å². The van der Waals surface area contributed by atoms with Gasteiger partial charge in [0.05, 0.1) is 11.8 Å². The fourth-order valence-electron chi connectivity index (χ4n) is 1.87. The van der Waals surface area contributed by atoms with E-state index < -0.39 is 6.10 Å². The number of para-hydroxylation sites is 1. The Morgan fingerprint density at radius 3 is 2.53 bits per heavy atom. The molecular weight excluding hydrogens is 217 g/mol. The Hall–Kier alpha value is -1.35. The SMILES string of the molecule is C=CCN(c1c(F)cccc1[C@@H](C)O)C(C)C. The van der Waals surface area contributed by atoms with Gasteiger partial charge in [-0.3, -0.25) is 0 Å². The van der Waals surface area contributed by atoms with Gasteiger partial charge in [-0.1, -0.05) is 18.2 Å². The van der Waals surface area contributed by atoms with Gasteiger partial charge >= 0.3 is 0 Å². The van der Waals surface area contributed by atoms with E-state index in [1.54, 1.807) is 25.1 Å². The predicted octanol–water partition coefficient (Wildman–Crippen LogP) is 3.28. The van der Waals surface area contributed by atoms with Crippen molar-refractivity contribution in [1.82, 2.24) is 0 Å². The highest BCUT2D eigenvalue weighted by molar-refractivity contribution is 5.56. The molecule has 0 heterocycles. The van der Waals surface area contributed by atoms with Gasteiger partial charge in [0.15, 0.2) is 0 Å². The highest BCUT2D eigenvalue weighted by Crippen LogP contribution is 2.30. The Labute approximate surface area is 102 Å². The lowest BCUT2D eigenvalue weighted by Crippen LogP contribution is -2.32. The highest BCUT2D eigenvalue weighted by atomic mass is 19.1. The number of halogens is 1. The third-order valence-corrected chi connectivity index (χ3v) is 2.70. The molecule has 0 fully saturated rings. The standard InChI is InChI=1S/C14H20FNO/c1-5-9-16(10(2)3)14-12(11(4)17)7-6-8-13(14)15/h5-8,10-11,17H,1,9H2,2-4H3/t11-/m1/s1. The molecule has 1 aromatic carbocycles. The number of aliphatic hydroxyl groups is 1. The third-order valence-electron chi connectivity index (χ3n) is 2.70. The topological polar surface area (TPSA) is 23.5 Å². The molecule has 0 aliphatic heterocycles. The van der Waals surface area contributed by atoms with Crippen LogP contribution in [0.25, 0.3) is 0 Å². The smallest absolute Gasteiger partial charge is 0.146 e. The van der Waals surface area contributed by atoms with E-state index in [9.17, 15) is 9.50 Å². The number of benzene rings is 1. The van der Waals surface area contributed by atoms with E-state index in [1.807, 2.05) is 18.7 Å². The summed E-state index contributed by atoms with van der Waals surface area (Å²) in [5, 5.41) is 9.71. The molecule has 3 heteroatoms. The summed E-state index contributed by atoms with van der Waals surface area (Å²) in [6.45, 7) is 9.86. The molecular formula is C14H20FNO. The van der Waals surface area contributed by atoms with Gasteiger partial charge in [0, 0.05) is 18.2 Å². The van der Waals surface area contributed by atoms with E-state index in [2.05, 4.69) is 6.58 Å². The largest absolute Gasteiger partial charge is 0.389 e. The lowest BCUT2D eigenvalue weighted by atomic mass is 10.1. The van der Waals surface area contributed by atoms with Crippen molar-refractivity contribution < 1.29 is 9.50 Å². The van der Waals surface area contributed by atoms with Crippen molar-refractivity contribution in [2.45, 2.75) is 32.9 Å². The number of hydrogen-bond donors (Lipinski definition) is 1. The van der Waals surface area contributed by atoms with Crippen molar-refractivity contribution in [3.63, 3.8) is 0 Å². The molecule has 0 saturated heterocycles. The van der Waals surface area contributed by atoms with Gasteiger partial charge in [-0.15, -0.1) is 6.58 Å². The maximum atomic E-state index is 14.0. The fraction of sp³-hybridized carbons (Fsp3) is 0.429. The van der Waals surface area contributed by atoms with E-state index in [0.717, 1.165) is 0 Å². The van der Waals surface area contributed by atoms with Crippen LogP contribution in [0.3, 0.4) is 0 Å². The number of nitrogens with zero attached hydrogens (tertiary/aromatic N) is 1. The van der Waals surface area contributed by atoms with Gasteiger partial charge in [-0.05, 0) is 26.8 Å². The molecule has 1 atom stereocenters. The molecule has 2 nitrogen and oxygen atoms in total. The zero-order chi connectivity index (χ0) is 13.0. The van der Waals surface area contributed by atoms with Crippen molar-refractivity contribution in [3.05, 3.63) is 42.2 Å². The maximum absolute atomic E-state index is 14.0. The summed E-state index contributed by atoms with van der Waals surface area (Å²) in [6.07, 6.45) is 1.05. The van der Waals surface area contributed by atoms with Crippen LogP contribution in [-0.4, -0.2) is 17.7 Å². The molecule has 17 heavy (non-hydrogen) atoms. The van der Waals surface area contributed by atoms with Crippen molar-refractivity contribution in [2.75, 3.05) is 11.4 Å². The zero-order valence-corrected chi connectivity index (χ0v) is 10.7. The Bertz CT molecular complexity index is 388. The van der Waals surface area contributed by atoms with Crippen LogP contribution < -0.4 is 4.90 Å². The molecule has 0 radical (unpaired) electrons. The molecule has 0 aliphatic rings. The van der Waals surface area contributed by atoms with Gasteiger partial charge in [0.2, 0.25) is 0 Å². The van der Waals surface area contributed by atoms with Gasteiger partial charge in [0.1, 0.15) is 5.82 Å². The van der Waals surface area contributed by atoms with Crippen LogP contribution in [0.4, 0.5) is 10.1 Å². The van der Waals surface area contributed by atoms with Crippen LogP contribution in [0.2, 0.25) is 0 Å². The van der Waals surface area contributed by atoms with Crippen molar-refractivity contribution >= 4 is 5.69 Å². The molecule has 0 amide bonds. The summed E-state index contributed by atoms with van der Waals surface area (Å²) in [5.41, 5.74) is 1.08. The second-order valence-electron chi connectivity index (χ2n) is 4.39. The van der Waals surface area contributed by atoms with Crippen LogP contribution in [0.15, 0.2) is 30.9 Å². The zero-order valence-electron chi connectivity index (χ0n) is 10.7. The molecule has 0 unspecified atom stereocenters. The normalized spacial score (nSPS) is 12.6. The molecule has 1 rings (SSSR count). The predicted molar refractivity (Wildman–Crippen MR) is 69.7 cm³/mol. The molecule has 0 saturated carbocycles. The van der Waals surface area contributed by atoms with Crippen LogP contribution in [0, 0.1) is 5.82 Å². The highest BCUT2D eigenvalue weighted by Gasteiger charge is 2.19. The molecule has 0 spiro atoms. The molecule has 94 valence electrons. The maximum Gasteiger partial charge on any atom is 0.146 e. The number of anilines is 1. The van der Waals surface area contributed by atoms with Crippen molar-refractivity contribution in [3.8, 4) is 0 Å². The molecule has 1 aromatic rings. The molecule has 0 aromatic heterocycles. The second-order valence-corrected chi connectivity index (χ2v) is 4.39. The first-order chi connectivity index (χ1) is 7.99. The van der Waals surface area contributed by atoms with Crippen molar-refractivity contribution in [2.24, 2.45) is 0 Å². The van der Waals surface area contributed by atoms with E-state index in [0.29, 0.717) is 17.8 Å². The quantitative estimate of drug-likeness (QED) is 0.794. The Kier molecular flexibility index (Phi) is 4.70. The molecule has 0 aliphatic carbocycles. The minimum Gasteiger partial charge on any atom is -0.389 e. The number of hydrogen-bond acceptors (Lipinski definition) is 2. The van der Waals surface area contributed by atoms with Gasteiger partial charge in [-0.2, -0.15) is 0 Å². The Morgan fingerprint density at radius 2 is 2.06 bits per heavy atom. The van der Waals surface area contributed by atoms with Crippen LogP contribution >= 0.6 is 0 Å². The van der Waals surface area contributed by atoms with E-state index >= 15 is 0 Å². The van der Waals surface area contributed by atoms with Crippen LogP contribution in [-0.2, 0) is 0 Å². The Balaban J connectivity index is 3.29. The third kappa shape index (κ3) is 3.07. The van der Waals surface area contributed by atoms with E-state index in [-0.39, 0.29) is 11.9 Å². The average Bonchev–Trinajstić information content (AvgIpc) is 2.25. The molecule has 1 N–H and O–H groups in total. The van der Waals surface area contributed by atoms with Gasteiger partial charge in [0.25, 0.3) is 0 Å². The monoisotopic (exact) mass is 237 g/mol. The first-order valence-electron chi connectivity index (χ1n) is 5.83. The first-order valence-corrected chi connectivity index (χ1v) is 5.83. The first kappa shape index (κ1) is 13.7. The summed E-state index contributed by atoms with van der Waals surface area (Å²) >= 11 is 0. The minimum absolute atomic E-state index is 0.141. The number of aliphatic hydroxyl groups excluding tert-OH is 1. The summed E-state index contributed by atoms with van der Waals surface area (Å²) in [5.74, 6) is -0.307. The van der Waals surface area contributed by atoms with Crippen LogP contribution in [0.1, 0.15) is 32.4 Å². The lowest BCUT2D eigenvalue weighted by molar-refractivity contribution is 0.199. The fourth-order valence-corrected chi connectivity index (χ4v) is 1.87. The minimum atomic E-state index is -0.688. The van der Waals surface area contributed by atoms with Gasteiger partial charge < -0.3 is 10.0 Å². The number of rotatable bonds is 5.